The average Bonchev–Trinajstić information content (AvgIpc) is 2.10. The van der Waals surface area contributed by atoms with Crippen molar-refractivity contribution in [2.24, 2.45) is 0 Å². The highest BCUT2D eigenvalue weighted by Crippen LogP contribution is 1.91. The topological polar surface area (TPSA) is 32.3 Å². The van der Waals surface area contributed by atoms with Crippen molar-refractivity contribution in [3.8, 4) is 0 Å². The highest BCUT2D eigenvalue weighted by Gasteiger charge is 2.02. The van der Waals surface area contributed by atoms with E-state index in [2.05, 4.69) is 12.2 Å². The van der Waals surface area contributed by atoms with Crippen molar-refractivity contribution in [3.63, 3.8) is 0 Å². The lowest BCUT2D eigenvalue weighted by Crippen LogP contribution is -2.37. The van der Waals surface area contributed by atoms with E-state index in [-0.39, 0.29) is 6.03 Å². The van der Waals surface area contributed by atoms with Crippen LogP contribution < -0.4 is 5.32 Å². The van der Waals surface area contributed by atoms with Crippen molar-refractivity contribution < 1.29 is 4.79 Å². The zero-order chi connectivity index (χ0) is 9.40. The average molecular weight is 172 g/mol. The molecule has 0 aliphatic carbocycles. The summed E-state index contributed by atoms with van der Waals surface area (Å²) < 4.78 is 0. The van der Waals surface area contributed by atoms with E-state index in [1.165, 1.54) is 12.8 Å². The molecule has 72 valence electrons. The lowest BCUT2D eigenvalue weighted by atomic mass is 10.2. The molecular formula is C9H20N2O. The molecule has 0 bridgehead atoms. The lowest BCUT2D eigenvalue weighted by Gasteiger charge is -2.15. The zero-order valence-electron chi connectivity index (χ0n) is 8.39. The Bertz CT molecular complexity index is 126. The predicted molar refractivity (Wildman–Crippen MR) is 51.2 cm³/mol. The monoisotopic (exact) mass is 172 g/mol. The Morgan fingerprint density at radius 2 is 2.00 bits per heavy atom. The summed E-state index contributed by atoms with van der Waals surface area (Å²) in [5, 5.41) is 2.86. The minimum absolute atomic E-state index is 0.0357. The van der Waals surface area contributed by atoms with Gasteiger partial charge in [0.1, 0.15) is 0 Å². The van der Waals surface area contributed by atoms with Crippen molar-refractivity contribution in [2.75, 3.05) is 20.1 Å². The van der Waals surface area contributed by atoms with Crippen LogP contribution in [0.4, 0.5) is 4.79 Å². The van der Waals surface area contributed by atoms with Gasteiger partial charge in [0, 0.05) is 20.1 Å². The first-order valence-electron chi connectivity index (χ1n) is 4.71. The second kappa shape index (κ2) is 6.95. The van der Waals surface area contributed by atoms with Gasteiger partial charge in [0.2, 0.25) is 0 Å². The first kappa shape index (κ1) is 11.3. The summed E-state index contributed by atoms with van der Waals surface area (Å²) in [6.07, 6.45) is 3.47. The fraction of sp³-hybridized carbons (Fsp3) is 0.889. The molecule has 3 heteroatoms. The third kappa shape index (κ3) is 4.99. The van der Waals surface area contributed by atoms with Gasteiger partial charge in [-0.25, -0.2) is 4.79 Å². The zero-order valence-corrected chi connectivity index (χ0v) is 8.39. The molecule has 1 N–H and O–H groups in total. The van der Waals surface area contributed by atoms with Crippen molar-refractivity contribution in [1.82, 2.24) is 10.2 Å². The molecule has 0 aromatic rings. The van der Waals surface area contributed by atoms with Gasteiger partial charge in [-0.05, 0) is 13.3 Å². The summed E-state index contributed by atoms with van der Waals surface area (Å²) in [7, 11) is 1.80. The number of amides is 2. The Labute approximate surface area is 75.1 Å². The summed E-state index contributed by atoms with van der Waals surface area (Å²) >= 11 is 0. The third-order valence-corrected chi connectivity index (χ3v) is 1.88. The van der Waals surface area contributed by atoms with Gasteiger partial charge in [-0.3, -0.25) is 0 Å². The Morgan fingerprint density at radius 1 is 1.33 bits per heavy atom. The Hall–Kier alpha value is -0.730. The maximum Gasteiger partial charge on any atom is 0.317 e. The first-order chi connectivity index (χ1) is 5.72. The molecule has 0 fully saturated rings. The summed E-state index contributed by atoms with van der Waals surface area (Å²) in [6, 6.07) is 0.0357. The van der Waals surface area contributed by atoms with Gasteiger partial charge >= 0.3 is 6.03 Å². The molecule has 0 saturated heterocycles. The van der Waals surface area contributed by atoms with E-state index in [4.69, 9.17) is 0 Å². The molecule has 0 rings (SSSR count). The van der Waals surface area contributed by atoms with Gasteiger partial charge in [-0.15, -0.1) is 0 Å². The number of carbonyl (C=O) groups excluding carboxylic acids is 1. The van der Waals surface area contributed by atoms with Gasteiger partial charge in [0.15, 0.2) is 0 Å². The number of carbonyl (C=O) groups is 1. The minimum atomic E-state index is 0.0357. The fourth-order valence-electron chi connectivity index (χ4n) is 0.849. The Morgan fingerprint density at radius 3 is 2.50 bits per heavy atom. The van der Waals surface area contributed by atoms with Crippen LogP contribution in [0.3, 0.4) is 0 Å². The summed E-state index contributed by atoms with van der Waals surface area (Å²) in [6.45, 7) is 5.68. The number of hydrogen-bond acceptors (Lipinski definition) is 1. The van der Waals surface area contributed by atoms with Gasteiger partial charge in [-0.2, -0.15) is 0 Å². The maximum absolute atomic E-state index is 11.2. The molecule has 0 radical (unpaired) electrons. The number of unbranched alkanes of at least 4 members (excludes halogenated alkanes) is 2. The van der Waals surface area contributed by atoms with Crippen LogP contribution in [-0.4, -0.2) is 31.1 Å². The lowest BCUT2D eigenvalue weighted by molar-refractivity contribution is 0.211. The molecule has 2 amide bonds. The molecule has 0 unspecified atom stereocenters. The largest absolute Gasteiger partial charge is 0.338 e. The SMILES string of the molecule is CCCCCNC(=O)N(C)CC. The van der Waals surface area contributed by atoms with E-state index >= 15 is 0 Å². The van der Waals surface area contributed by atoms with Crippen LogP contribution in [0, 0.1) is 0 Å². The van der Waals surface area contributed by atoms with Gasteiger partial charge in [-0.1, -0.05) is 19.8 Å². The van der Waals surface area contributed by atoms with Crippen LogP contribution in [-0.2, 0) is 0 Å². The van der Waals surface area contributed by atoms with E-state index < -0.39 is 0 Å². The van der Waals surface area contributed by atoms with Gasteiger partial charge in [0.05, 0.1) is 0 Å². The third-order valence-electron chi connectivity index (χ3n) is 1.88. The quantitative estimate of drug-likeness (QED) is 0.630. The van der Waals surface area contributed by atoms with Crippen molar-refractivity contribution in [2.45, 2.75) is 33.1 Å². The highest BCUT2D eigenvalue weighted by molar-refractivity contribution is 5.73. The van der Waals surface area contributed by atoms with E-state index in [0.29, 0.717) is 0 Å². The first-order valence-corrected chi connectivity index (χ1v) is 4.71. The smallest absolute Gasteiger partial charge is 0.317 e. The van der Waals surface area contributed by atoms with E-state index in [0.717, 1.165) is 19.5 Å². The Balaban J connectivity index is 3.31. The van der Waals surface area contributed by atoms with E-state index in [1.807, 2.05) is 6.92 Å². The molecule has 12 heavy (non-hydrogen) atoms. The molecule has 0 saturated carbocycles. The number of nitrogens with one attached hydrogen (secondary N) is 1. The number of nitrogens with zero attached hydrogens (tertiary/aromatic N) is 1. The van der Waals surface area contributed by atoms with E-state index in [1.54, 1.807) is 11.9 Å². The molecule has 3 nitrogen and oxygen atoms in total. The van der Waals surface area contributed by atoms with Crippen molar-refractivity contribution in [3.05, 3.63) is 0 Å². The molecule has 0 atom stereocenters. The molecular weight excluding hydrogens is 152 g/mol. The van der Waals surface area contributed by atoms with Crippen molar-refractivity contribution >= 4 is 6.03 Å². The van der Waals surface area contributed by atoms with Crippen molar-refractivity contribution in [1.29, 1.82) is 0 Å². The van der Waals surface area contributed by atoms with Crippen LogP contribution in [0.5, 0.6) is 0 Å². The normalized spacial score (nSPS) is 9.58. The number of hydrogen-bond donors (Lipinski definition) is 1. The van der Waals surface area contributed by atoms with Crippen LogP contribution >= 0.6 is 0 Å². The molecule has 0 heterocycles. The molecule has 0 spiro atoms. The van der Waals surface area contributed by atoms with Crippen LogP contribution in [0.25, 0.3) is 0 Å². The van der Waals surface area contributed by atoms with Crippen LogP contribution in [0.15, 0.2) is 0 Å². The Kier molecular flexibility index (Phi) is 6.53. The number of rotatable bonds is 5. The minimum Gasteiger partial charge on any atom is -0.338 e. The number of urea groups is 1. The van der Waals surface area contributed by atoms with Gasteiger partial charge < -0.3 is 10.2 Å². The summed E-state index contributed by atoms with van der Waals surface area (Å²) in [5.74, 6) is 0. The second-order valence-electron chi connectivity index (χ2n) is 2.95. The van der Waals surface area contributed by atoms with Crippen LogP contribution in [0.2, 0.25) is 0 Å². The molecule has 0 aliphatic rings. The molecule has 0 aromatic carbocycles. The second-order valence-corrected chi connectivity index (χ2v) is 2.95. The van der Waals surface area contributed by atoms with Crippen LogP contribution in [0.1, 0.15) is 33.1 Å². The fourth-order valence-corrected chi connectivity index (χ4v) is 0.849. The summed E-state index contributed by atoms with van der Waals surface area (Å²) in [4.78, 5) is 12.8. The summed E-state index contributed by atoms with van der Waals surface area (Å²) in [5.41, 5.74) is 0. The van der Waals surface area contributed by atoms with Gasteiger partial charge in [0.25, 0.3) is 0 Å². The highest BCUT2D eigenvalue weighted by atomic mass is 16.2. The maximum atomic E-state index is 11.2. The molecule has 0 aromatic heterocycles. The standard InChI is InChI=1S/C9H20N2O/c1-4-6-7-8-10-9(12)11(3)5-2/h4-8H2,1-3H3,(H,10,12). The predicted octanol–water partition coefficient (Wildman–Crippen LogP) is 1.84. The molecule has 0 aliphatic heterocycles. The van der Waals surface area contributed by atoms with E-state index in [9.17, 15) is 4.79 Å².